The highest BCUT2D eigenvalue weighted by atomic mass is 16.6. The van der Waals surface area contributed by atoms with E-state index < -0.39 is 5.97 Å². The smallest absolute Gasteiger partial charge is 0.377 e. The van der Waals surface area contributed by atoms with Crippen LogP contribution >= 0.6 is 0 Å². The zero-order chi connectivity index (χ0) is 13.7. The van der Waals surface area contributed by atoms with Crippen LogP contribution in [0.25, 0.3) is 0 Å². The van der Waals surface area contributed by atoms with Gasteiger partial charge in [-0.2, -0.15) is 0 Å². The van der Waals surface area contributed by atoms with E-state index in [1.807, 2.05) is 0 Å². The van der Waals surface area contributed by atoms with Gasteiger partial charge in [0.25, 0.3) is 0 Å². The molecule has 4 nitrogen and oxygen atoms in total. The van der Waals surface area contributed by atoms with Crippen molar-refractivity contribution < 1.29 is 14.1 Å². The van der Waals surface area contributed by atoms with Crippen molar-refractivity contribution in [1.29, 1.82) is 0 Å². The maximum atomic E-state index is 11.8. The predicted molar refractivity (Wildman–Crippen MR) is 68.0 cm³/mol. The van der Waals surface area contributed by atoms with Gasteiger partial charge in [0.1, 0.15) is 0 Å². The van der Waals surface area contributed by atoms with Gasteiger partial charge in [-0.3, -0.25) is 0 Å². The number of carbonyl (C=O) groups excluding carboxylic acids is 1. The minimum Gasteiger partial charge on any atom is -0.459 e. The normalized spacial score (nSPS) is 33.8. The fourth-order valence-electron chi connectivity index (χ4n) is 3.38. The van der Waals surface area contributed by atoms with E-state index in [0.717, 1.165) is 6.42 Å². The number of carbonyl (C=O) groups is 1. The van der Waals surface area contributed by atoms with Crippen LogP contribution in [0, 0.1) is 34.5 Å². The van der Waals surface area contributed by atoms with Gasteiger partial charge >= 0.3 is 5.97 Å². The summed E-state index contributed by atoms with van der Waals surface area (Å²) in [6, 6.07) is 1.51. The van der Waals surface area contributed by atoms with Gasteiger partial charge in [-0.25, -0.2) is 4.79 Å². The van der Waals surface area contributed by atoms with Gasteiger partial charge in [0.15, 0.2) is 0 Å². The Bertz CT molecular complexity index is 564. The Morgan fingerprint density at radius 1 is 1.58 bits per heavy atom. The average Bonchev–Trinajstić information content (AvgIpc) is 2.77. The molecule has 3 atom stereocenters. The Morgan fingerprint density at radius 3 is 3.05 bits per heavy atom. The molecule has 1 aromatic heterocycles. The SMILES string of the molecule is CC1C#CC2C(C)(C)C2(COC(=O)c2ccno2)C1. The fourth-order valence-corrected chi connectivity index (χ4v) is 3.38. The monoisotopic (exact) mass is 259 g/mol. The standard InChI is InChI=1S/C15H17NO3/c1-10-4-5-12-14(2,3)15(12,8-10)9-18-13(17)11-6-7-16-19-11/h6-7,10,12H,8-9H2,1-3H3. The Balaban J connectivity index is 1.71. The predicted octanol–water partition coefficient (Wildman–Crippen LogP) is 2.52. The van der Waals surface area contributed by atoms with Crippen LogP contribution in [0.3, 0.4) is 0 Å². The lowest BCUT2D eigenvalue weighted by Gasteiger charge is -2.22. The summed E-state index contributed by atoms with van der Waals surface area (Å²) in [5.74, 6) is 6.97. The molecule has 1 saturated carbocycles. The molecule has 1 aromatic rings. The first-order valence-electron chi connectivity index (χ1n) is 6.56. The number of rotatable bonds is 3. The van der Waals surface area contributed by atoms with E-state index in [1.165, 1.54) is 12.3 Å². The lowest BCUT2D eigenvalue weighted by molar-refractivity contribution is 0.0309. The first kappa shape index (κ1) is 12.3. The highest BCUT2D eigenvalue weighted by Gasteiger charge is 2.71. The molecule has 1 heterocycles. The van der Waals surface area contributed by atoms with Gasteiger partial charge in [-0.1, -0.05) is 37.8 Å². The third kappa shape index (κ3) is 1.68. The lowest BCUT2D eigenvalue weighted by Crippen LogP contribution is -2.23. The first-order chi connectivity index (χ1) is 8.97. The molecule has 2 aliphatic carbocycles. The molecule has 0 aromatic carbocycles. The van der Waals surface area contributed by atoms with Crippen molar-refractivity contribution >= 4 is 5.97 Å². The molecule has 100 valence electrons. The zero-order valence-electron chi connectivity index (χ0n) is 11.4. The fraction of sp³-hybridized carbons (Fsp3) is 0.600. The highest BCUT2D eigenvalue weighted by Crippen LogP contribution is 2.72. The number of aromatic nitrogens is 1. The van der Waals surface area contributed by atoms with Crippen LogP contribution in [0.1, 0.15) is 37.7 Å². The molecule has 0 aliphatic heterocycles. The van der Waals surface area contributed by atoms with E-state index in [2.05, 4.69) is 37.8 Å². The number of nitrogens with zero attached hydrogens (tertiary/aromatic N) is 1. The molecule has 2 aliphatic rings. The molecule has 0 saturated heterocycles. The number of hydrogen-bond acceptors (Lipinski definition) is 4. The molecule has 0 bridgehead atoms. The van der Waals surface area contributed by atoms with E-state index in [-0.39, 0.29) is 16.6 Å². The Kier molecular flexibility index (Phi) is 2.50. The topological polar surface area (TPSA) is 52.3 Å². The second-order valence-electron chi connectivity index (χ2n) is 6.16. The van der Waals surface area contributed by atoms with E-state index in [0.29, 0.717) is 18.4 Å². The summed E-state index contributed by atoms with van der Waals surface area (Å²) in [6.45, 7) is 6.93. The van der Waals surface area contributed by atoms with Gasteiger partial charge in [0, 0.05) is 23.3 Å². The van der Waals surface area contributed by atoms with Crippen LogP contribution in [0.2, 0.25) is 0 Å². The van der Waals surface area contributed by atoms with Gasteiger partial charge in [0.2, 0.25) is 5.76 Å². The first-order valence-corrected chi connectivity index (χ1v) is 6.56. The van der Waals surface area contributed by atoms with Crippen LogP contribution in [-0.4, -0.2) is 17.7 Å². The largest absolute Gasteiger partial charge is 0.459 e. The van der Waals surface area contributed by atoms with E-state index in [1.54, 1.807) is 0 Å². The summed E-state index contributed by atoms with van der Waals surface area (Å²) in [7, 11) is 0. The molecule has 1 fully saturated rings. The van der Waals surface area contributed by atoms with Crippen molar-refractivity contribution in [1.82, 2.24) is 5.16 Å². The average molecular weight is 259 g/mol. The molecule has 3 rings (SSSR count). The molecule has 19 heavy (non-hydrogen) atoms. The van der Waals surface area contributed by atoms with Crippen molar-refractivity contribution in [2.45, 2.75) is 27.2 Å². The maximum absolute atomic E-state index is 11.8. The molecule has 4 heteroatoms. The lowest BCUT2D eigenvalue weighted by atomic mass is 9.85. The van der Waals surface area contributed by atoms with Crippen LogP contribution in [0.15, 0.2) is 16.8 Å². The van der Waals surface area contributed by atoms with Gasteiger partial charge in [-0.15, -0.1) is 0 Å². The second kappa shape index (κ2) is 3.86. The Hall–Kier alpha value is -1.76. The van der Waals surface area contributed by atoms with E-state index in [4.69, 9.17) is 9.26 Å². The number of hydrogen-bond donors (Lipinski definition) is 0. The van der Waals surface area contributed by atoms with Crippen LogP contribution in [0.5, 0.6) is 0 Å². The van der Waals surface area contributed by atoms with Crippen LogP contribution < -0.4 is 0 Å². The summed E-state index contributed by atoms with van der Waals surface area (Å²) >= 11 is 0. The van der Waals surface area contributed by atoms with Gasteiger partial charge in [0.05, 0.1) is 12.8 Å². The van der Waals surface area contributed by atoms with E-state index in [9.17, 15) is 4.79 Å². The molecule has 3 unspecified atom stereocenters. The van der Waals surface area contributed by atoms with Crippen molar-refractivity contribution in [3.63, 3.8) is 0 Å². The Labute approximate surface area is 112 Å². The summed E-state index contributed by atoms with van der Waals surface area (Å²) < 4.78 is 10.2. The minimum absolute atomic E-state index is 0.00729. The number of esters is 1. The molecular weight excluding hydrogens is 242 g/mol. The van der Waals surface area contributed by atoms with Crippen LogP contribution in [0.4, 0.5) is 0 Å². The van der Waals surface area contributed by atoms with E-state index >= 15 is 0 Å². The van der Waals surface area contributed by atoms with Gasteiger partial charge in [-0.05, 0) is 11.8 Å². The zero-order valence-corrected chi connectivity index (χ0v) is 11.4. The van der Waals surface area contributed by atoms with Crippen molar-refractivity contribution in [3.8, 4) is 11.8 Å². The molecule has 0 amide bonds. The second-order valence-corrected chi connectivity index (χ2v) is 6.16. The number of fused-ring (bicyclic) bond motifs is 1. The van der Waals surface area contributed by atoms with Crippen molar-refractivity contribution in [2.24, 2.45) is 22.7 Å². The third-order valence-corrected chi connectivity index (χ3v) is 4.72. The van der Waals surface area contributed by atoms with Crippen LogP contribution in [-0.2, 0) is 4.74 Å². The molecule has 0 radical (unpaired) electrons. The molecular formula is C15H17NO3. The molecule has 0 N–H and O–H groups in total. The summed E-state index contributed by atoms with van der Waals surface area (Å²) in [5.41, 5.74) is 0.125. The summed E-state index contributed by atoms with van der Waals surface area (Å²) in [4.78, 5) is 11.8. The Morgan fingerprint density at radius 2 is 2.37 bits per heavy atom. The quantitative estimate of drug-likeness (QED) is 0.618. The minimum atomic E-state index is -0.445. The maximum Gasteiger partial charge on any atom is 0.377 e. The summed E-state index contributed by atoms with van der Waals surface area (Å²) in [5, 5.41) is 3.51. The van der Waals surface area contributed by atoms with Crippen molar-refractivity contribution in [3.05, 3.63) is 18.0 Å². The highest BCUT2D eigenvalue weighted by molar-refractivity contribution is 5.86. The van der Waals surface area contributed by atoms with Crippen molar-refractivity contribution in [2.75, 3.05) is 6.61 Å². The molecule has 0 spiro atoms. The third-order valence-electron chi connectivity index (χ3n) is 4.72. The summed E-state index contributed by atoms with van der Waals surface area (Å²) in [6.07, 6.45) is 2.42. The number of ether oxygens (including phenoxy) is 1. The van der Waals surface area contributed by atoms with Gasteiger partial charge < -0.3 is 9.26 Å².